The molecule has 0 saturated heterocycles. The number of hydrogen-bond acceptors (Lipinski definition) is 3. The molecule has 0 spiro atoms. The number of carbonyl (C=O) groups excluding carboxylic acids is 1. The van der Waals surface area contributed by atoms with Crippen LogP contribution in [0.1, 0.15) is 47.3 Å². The molecule has 0 aliphatic heterocycles. The van der Waals surface area contributed by atoms with Crippen molar-refractivity contribution in [1.29, 1.82) is 0 Å². The summed E-state index contributed by atoms with van der Waals surface area (Å²) in [4.78, 5) is 17.3. The summed E-state index contributed by atoms with van der Waals surface area (Å²) in [5.74, 6) is 1.19. The Hall–Kier alpha value is -1.87. The van der Waals surface area contributed by atoms with Crippen molar-refractivity contribution in [2.45, 2.75) is 25.7 Å². The van der Waals surface area contributed by atoms with Crippen molar-refractivity contribution in [2.75, 3.05) is 11.9 Å². The Balaban J connectivity index is 1.98. The second-order valence-electron chi connectivity index (χ2n) is 5.28. The Morgan fingerprint density at radius 3 is 2.81 bits per heavy atom. The molecule has 0 amide bonds. The minimum absolute atomic E-state index is 0.0525. The fourth-order valence-electron chi connectivity index (χ4n) is 2.35. The molecule has 1 saturated carbocycles. The minimum Gasteiger partial charge on any atom is -0.370 e. The van der Waals surface area contributed by atoms with Crippen LogP contribution in [-0.2, 0) is 0 Å². The van der Waals surface area contributed by atoms with Gasteiger partial charge in [-0.05, 0) is 44.0 Å². The van der Waals surface area contributed by atoms with E-state index in [4.69, 9.17) is 11.6 Å². The SMILES string of the molecule is CCNc1nc(C2CC2)ccc1C(=O)c1cccc(Cl)c1. The monoisotopic (exact) mass is 300 g/mol. The maximum absolute atomic E-state index is 12.7. The molecule has 1 aromatic heterocycles. The summed E-state index contributed by atoms with van der Waals surface area (Å²) >= 11 is 5.97. The van der Waals surface area contributed by atoms with E-state index in [9.17, 15) is 4.79 Å². The van der Waals surface area contributed by atoms with Crippen LogP contribution in [0.5, 0.6) is 0 Å². The van der Waals surface area contributed by atoms with Gasteiger partial charge in [-0.15, -0.1) is 0 Å². The van der Waals surface area contributed by atoms with E-state index in [2.05, 4.69) is 10.3 Å². The molecule has 1 aliphatic carbocycles. The van der Waals surface area contributed by atoms with Gasteiger partial charge in [-0.25, -0.2) is 4.98 Å². The van der Waals surface area contributed by atoms with Crippen LogP contribution in [0.4, 0.5) is 5.82 Å². The fourth-order valence-corrected chi connectivity index (χ4v) is 2.54. The summed E-state index contributed by atoms with van der Waals surface area (Å²) in [5, 5.41) is 3.76. The summed E-state index contributed by atoms with van der Waals surface area (Å²) < 4.78 is 0. The molecular weight excluding hydrogens is 284 g/mol. The van der Waals surface area contributed by atoms with E-state index in [0.29, 0.717) is 27.9 Å². The molecule has 0 bridgehead atoms. The summed E-state index contributed by atoms with van der Waals surface area (Å²) in [6, 6.07) is 10.9. The highest BCUT2D eigenvalue weighted by atomic mass is 35.5. The highest BCUT2D eigenvalue weighted by molar-refractivity contribution is 6.31. The van der Waals surface area contributed by atoms with Crippen LogP contribution >= 0.6 is 11.6 Å². The lowest BCUT2D eigenvalue weighted by Gasteiger charge is -2.11. The van der Waals surface area contributed by atoms with E-state index in [1.165, 1.54) is 12.8 Å². The highest BCUT2D eigenvalue weighted by Gasteiger charge is 2.26. The summed E-state index contributed by atoms with van der Waals surface area (Å²) in [6.07, 6.45) is 2.39. The van der Waals surface area contributed by atoms with Gasteiger partial charge in [0.1, 0.15) is 5.82 Å². The van der Waals surface area contributed by atoms with Crippen molar-refractivity contribution in [3.8, 4) is 0 Å². The van der Waals surface area contributed by atoms with Crippen LogP contribution in [0.25, 0.3) is 0 Å². The average molecular weight is 301 g/mol. The maximum Gasteiger partial charge on any atom is 0.196 e. The second kappa shape index (κ2) is 5.86. The summed E-state index contributed by atoms with van der Waals surface area (Å²) in [6.45, 7) is 2.73. The van der Waals surface area contributed by atoms with Crippen molar-refractivity contribution in [3.05, 3.63) is 58.2 Å². The minimum atomic E-state index is -0.0525. The number of ketones is 1. The van der Waals surface area contributed by atoms with Crippen LogP contribution in [-0.4, -0.2) is 17.3 Å². The largest absolute Gasteiger partial charge is 0.370 e. The molecule has 108 valence electrons. The third-order valence-corrected chi connectivity index (χ3v) is 3.82. The smallest absolute Gasteiger partial charge is 0.196 e. The van der Waals surface area contributed by atoms with E-state index in [1.807, 2.05) is 19.1 Å². The van der Waals surface area contributed by atoms with Crippen LogP contribution in [0.15, 0.2) is 36.4 Å². The number of rotatable bonds is 5. The predicted molar refractivity (Wildman–Crippen MR) is 85.3 cm³/mol. The molecule has 1 aliphatic rings. The van der Waals surface area contributed by atoms with E-state index in [1.54, 1.807) is 24.3 Å². The summed E-state index contributed by atoms with van der Waals surface area (Å²) in [7, 11) is 0. The molecule has 3 rings (SSSR count). The zero-order chi connectivity index (χ0) is 14.8. The molecular formula is C17H17ClN2O. The Labute approximate surface area is 129 Å². The number of aromatic nitrogens is 1. The molecule has 1 aromatic carbocycles. The van der Waals surface area contributed by atoms with E-state index in [-0.39, 0.29) is 5.78 Å². The Morgan fingerprint density at radius 1 is 1.33 bits per heavy atom. The predicted octanol–water partition coefficient (Wildman–Crippen LogP) is 4.28. The van der Waals surface area contributed by atoms with Gasteiger partial charge in [-0.2, -0.15) is 0 Å². The number of pyridine rings is 1. The third-order valence-electron chi connectivity index (χ3n) is 3.59. The topological polar surface area (TPSA) is 42.0 Å². The Bertz CT molecular complexity index is 680. The summed E-state index contributed by atoms with van der Waals surface area (Å²) in [5.41, 5.74) is 2.26. The average Bonchev–Trinajstić information content (AvgIpc) is 3.31. The quantitative estimate of drug-likeness (QED) is 0.838. The van der Waals surface area contributed by atoms with Crippen LogP contribution in [0, 0.1) is 0 Å². The molecule has 1 fully saturated rings. The number of benzene rings is 1. The number of hydrogen-bond donors (Lipinski definition) is 1. The first-order valence-corrected chi connectivity index (χ1v) is 7.62. The van der Waals surface area contributed by atoms with Gasteiger partial charge in [0.25, 0.3) is 0 Å². The van der Waals surface area contributed by atoms with Crippen molar-refractivity contribution >= 4 is 23.2 Å². The van der Waals surface area contributed by atoms with Gasteiger partial charge in [0, 0.05) is 28.7 Å². The van der Waals surface area contributed by atoms with Crippen molar-refractivity contribution < 1.29 is 4.79 Å². The number of halogens is 1. The zero-order valence-corrected chi connectivity index (χ0v) is 12.7. The van der Waals surface area contributed by atoms with Crippen molar-refractivity contribution in [3.63, 3.8) is 0 Å². The van der Waals surface area contributed by atoms with Gasteiger partial charge in [0.15, 0.2) is 5.78 Å². The van der Waals surface area contributed by atoms with E-state index >= 15 is 0 Å². The lowest BCUT2D eigenvalue weighted by molar-refractivity contribution is 0.103. The molecule has 1 N–H and O–H groups in total. The van der Waals surface area contributed by atoms with Crippen LogP contribution < -0.4 is 5.32 Å². The molecule has 3 nitrogen and oxygen atoms in total. The molecule has 4 heteroatoms. The van der Waals surface area contributed by atoms with Gasteiger partial charge >= 0.3 is 0 Å². The normalized spacial score (nSPS) is 14.0. The zero-order valence-electron chi connectivity index (χ0n) is 11.9. The first kappa shape index (κ1) is 14.1. The number of nitrogens with one attached hydrogen (secondary N) is 1. The third kappa shape index (κ3) is 3.08. The molecule has 0 radical (unpaired) electrons. The molecule has 21 heavy (non-hydrogen) atoms. The van der Waals surface area contributed by atoms with Gasteiger partial charge in [0.05, 0.1) is 5.56 Å². The molecule has 0 atom stereocenters. The maximum atomic E-state index is 12.7. The van der Waals surface area contributed by atoms with E-state index < -0.39 is 0 Å². The lowest BCUT2D eigenvalue weighted by Crippen LogP contribution is -2.10. The molecule has 1 heterocycles. The van der Waals surface area contributed by atoms with Gasteiger partial charge < -0.3 is 5.32 Å². The van der Waals surface area contributed by atoms with E-state index in [0.717, 1.165) is 12.2 Å². The number of carbonyl (C=O) groups is 1. The lowest BCUT2D eigenvalue weighted by atomic mass is 10.0. The fraction of sp³-hybridized carbons (Fsp3) is 0.294. The van der Waals surface area contributed by atoms with Gasteiger partial charge in [0.2, 0.25) is 0 Å². The van der Waals surface area contributed by atoms with Crippen molar-refractivity contribution in [2.24, 2.45) is 0 Å². The number of nitrogens with zero attached hydrogens (tertiary/aromatic N) is 1. The first-order chi connectivity index (χ1) is 10.2. The standard InChI is InChI=1S/C17H17ClN2O/c1-2-19-17-14(8-9-15(20-17)11-6-7-11)16(21)12-4-3-5-13(18)10-12/h3-5,8-11H,2,6-7H2,1H3,(H,19,20). The first-order valence-electron chi connectivity index (χ1n) is 7.24. The number of anilines is 1. The van der Waals surface area contributed by atoms with Crippen LogP contribution in [0.2, 0.25) is 5.02 Å². The highest BCUT2D eigenvalue weighted by Crippen LogP contribution is 2.39. The Morgan fingerprint density at radius 2 is 2.14 bits per heavy atom. The second-order valence-corrected chi connectivity index (χ2v) is 5.71. The van der Waals surface area contributed by atoms with Gasteiger partial charge in [-0.3, -0.25) is 4.79 Å². The molecule has 2 aromatic rings. The van der Waals surface area contributed by atoms with Gasteiger partial charge in [-0.1, -0.05) is 23.7 Å². The van der Waals surface area contributed by atoms with Crippen LogP contribution in [0.3, 0.4) is 0 Å². The van der Waals surface area contributed by atoms with Crippen molar-refractivity contribution in [1.82, 2.24) is 4.98 Å². The molecule has 0 unspecified atom stereocenters. The Kier molecular flexibility index (Phi) is 3.93.